The molecule has 0 aliphatic heterocycles. The van der Waals surface area contributed by atoms with Crippen LogP contribution >= 0.6 is 18.2 Å². The van der Waals surface area contributed by atoms with Gasteiger partial charge in [-0.15, -0.1) is 0 Å². The van der Waals surface area contributed by atoms with Gasteiger partial charge in [0.1, 0.15) is 11.5 Å². The highest BCUT2D eigenvalue weighted by atomic mass is 127. The van der Waals surface area contributed by atoms with E-state index in [0.29, 0.717) is 24.1 Å². The van der Waals surface area contributed by atoms with Crippen molar-refractivity contribution < 1.29 is 37.6 Å². The van der Waals surface area contributed by atoms with Gasteiger partial charge in [0.15, 0.2) is 0 Å². The molecule has 0 heterocycles. The van der Waals surface area contributed by atoms with Crippen LogP contribution in [0.25, 0.3) is 0 Å². The van der Waals surface area contributed by atoms with Gasteiger partial charge in [0, 0.05) is 5.75 Å². The Morgan fingerprint density at radius 3 is 2.06 bits per heavy atom. The molecular formula is C9H22IO3PS2. The van der Waals surface area contributed by atoms with E-state index < -0.39 is 6.80 Å². The molecule has 0 radical (unpaired) electrons. The molecule has 0 saturated carbocycles. The van der Waals surface area contributed by atoms with E-state index in [9.17, 15) is 4.57 Å². The lowest BCUT2D eigenvalue weighted by molar-refractivity contribution is -0.00000760. The van der Waals surface area contributed by atoms with Gasteiger partial charge in [0.25, 0.3) is 0 Å². The second-order valence-electron chi connectivity index (χ2n) is 2.89. The second-order valence-corrected chi connectivity index (χ2v) is 9.63. The fraction of sp³-hybridized carbons (Fsp3) is 1.00. The highest BCUT2D eigenvalue weighted by Crippen LogP contribution is 2.60. The SMILES string of the molecule is CCOP(=O)(OCC)SCC[S+](C)CC.[I-]. The maximum absolute atomic E-state index is 12.0. The van der Waals surface area contributed by atoms with E-state index in [1.807, 2.05) is 13.8 Å². The summed E-state index contributed by atoms with van der Waals surface area (Å²) in [4.78, 5) is 0. The smallest absolute Gasteiger partial charge is 0.389 e. The lowest BCUT2D eigenvalue weighted by Crippen LogP contribution is -3.00. The molecule has 0 aromatic rings. The molecule has 0 amide bonds. The van der Waals surface area contributed by atoms with Crippen LogP contribution in [0, 0.1) is 0 Å². The summed E-state index contributed by atoms with van der Waals surface area (Å²) < 4.78 is 22.4. The molecule has 0 aliphatic carbocycles. The molecule has 7 heteroatoms. The number of hydrogen-bond donors (Lipinski definition) is 0. The summed E-state index contributed by atoms with van der Waals surface area (Å²) >= 11 is 1.33. The minimum atomic E-state index is -2.86. The summed E-state index contributed by atoms with van der Waals surface area (Å²) in [5.74, 6) is 3.13. The molecule has 0 rings (SSSR count). The van der Waals surface area contributed by atoms with Crippen molar-refractivity contribution in [2.45, 2.75) is 20.8 Å². The zero-order chi connectivity index (χ0) is 11.7. The monoisotopic (exact) mass is 400 g/mol. The van der Waals surface area contributed by atoms with Crippen LogP contribution in [0.4, 0.5) is 0 Å². The first-order valence-electron chi connectivity index (χ1n) is 5.20. The molecule has 0 saturated heterocycles. The summed E-state index contributed by atoms with van der Waals surface area (Å²) in [5, 5.41) is 0. The van der Waals surface area contributed by atoms with Crippen molar-refractivity contribution >= 4 is 29.1 Å². The van der Waals surface area contributed by atoms with Crippen molar-refractivity contribution in [1.29, 1.82) is 0 Å². The van der Waals surface area contributed by atoms with Gasteiger partial charge in [-0.05, 0) is 43.0 Å². The van der Waals surface area contributed by atoms with Crippen LogP contribution in [0.2, 0.25) is 0 Å². The van der Waals surface area contributed by atoms with E-state index in [4.69, 9.17) is 9.05 Å². The fourth-order valence-corrected chi connectivity index (χ4v) is 6.09. The number of hydrogen-bond acceptors (Lipinski definition) is 4. The van der Waals surface area contributed by atoms with Crippen molar-refractivity contribution in [1.82, 2.24) is 0 Å². The third-order valence-electron chi connectivity index (χ3n) is 1.75. The van der Waals surface area contributed by atoms with Crippen molar-refractivity contribution in [3.63, 3.8) is 0 Å². The molecule has 3 nitrogen and oxygen atoms in total. The molecule has 1 unspecified atom stereocenters. The van der Waals surface area contributed by atoms with E-state index in [1.165, 1.54) is 17.1 Å². The Labute approximate surface area is 123 Å². The summed E-state index contributed by atoms with van der Waals surface area (Å²) in [6.45, 7) is 3.87. The van der Waals surface area contributed by atoms with Crippen LogP contribution in [-0.4, -0.2) is 36.7 Å². The molecule has 100 valence electrons. The first kappa shape index (κ1) is 19.9. The summed E-state index contributed by atoms with van der Waals surface area (Å²) in [6, 6.07) is 0. The summed E-state index contributed by atoms with van der Waals surface area (Å²) in [7, 11) is 0.427. The van der Waals surface area contributed by atoms with Gasteiger partial charge in [-0.1, -0.05) is 0 Å². The Balaban J connectivity index is 0. The van der Waals surface area contributed by atoms with Crippen molar-refractivity contribution in [2.24, 2.45) is 0 Å². The molecule has 16 heavy (non-hydrogen) atoms. The molecule has 0 fully saturated rings. The highest BCUT2D eigenvalue weighted by molar-refractivity contribution is 8.55. The first-order valence-corrected chi connectivity index (χ1v) is 10.3. The van der Waals surface area contributed by atoms with Gasteiger partial charge >= 0.3 is 6.80 Å². The molecular weight excluding hydrogens is 378 g/mol. The predicted octanol–water partition coefficient (Wildman–Crippen LogP) is 0.173. The zero-order valence-corrected chi connectivity index (χ0v) is 15.1. The van der Waals surface area contributed by atoms with E-state index in [-0.39, 0.29) is 24.0 Å². The Morgan fingerprint density at radius 2 is 1.69 bits per heavy atom. The average Bonchev–Trinajstić information content (AvgIpc) is 2.18. The van der Waals surface area contributed by atoms with E-state index in [0.717, 1.165) is 11.5 Å². The van der Waals surface area contributed by atoms with Gasteiger partial charge in [0.2, 0.25) is 0 Å². The third kappa shape index (κ3) is 9.59. The van der Waals surface area contributed by atoms with Crippen molar-refractivity contribution in [3.8, 4) is 0 Å². The third-order valence-corrected chi connectivity index (χ3v) is 7.87. The van der Waals surface area contributed by atoms with Gasteiger partial charge in [-0.25, -0.2) is 4.57 Å². The van der Waals surface area contributed by atoms with Gasteiger partial charge < -0.3 is 33.0 Å². The number of rotatable bonds is 9. The second kappa shape index (κ2) is 11.7. The Kier molecular flexibility index (Phi) is 14.5. The van der Waals surface area contributed by atoms with Crippen LogP contribution in [0.3, 0.4) is 0 Å². The molecule has 0 aromatic carbocycles. The van der Waals surface area contributed by atoms with E-state index in [2.05, 4.69) is 13.2 Å². The van der Waals surface area contributed by atoms with Gasteiger partial charge in [-0.3, -0.25) is 0 Å². The normalized spacial score (nSPS) is 13.2. The van der Waals surface area contributed by atoms with Crippen LogP contribution in [0.5, 0.6) is 0 Å². The van der Waals surface area contributed by atoms with Crippen LogP contribution < -0.4 is 24.0 Å². The lowest BCUT2D eigenvalue weighted by Gasteiger charge is -2.15. The fourth-order valence-electron chi connectivity index (χ4n) is 0.864. The van der Waals surface area contributed by atoms with Gasteiger partial charge in [0.05, 0.1) is 19.5 Å². The highest BCUT2D eigenvalue weighted by Gasteiger charge is 2.25. The quantitative estimate of drug-likeness (QED) is 0.314. The Hall–Kier alpha value is 1.58. The Morgan fingerprint density at radius 1 is 1.19 bits per heavy atom. The summed E-state index contributed by atoms with van der Waals surface area (Å²) in [5.41, 5.74) is 0. The van der Waals surface area contributed by atoms with E-state index in [1.54, 1.807) is 0 Å². The van der Waals surface area contributed by atoms with E-state index >= 15 is 0 Å². The standard InChI is InChI=1S/C9H22O3PS2.HI/c1-5-11-13(10,12-6-2)14-8-9-15(4)7-3;/h5-9H2,1-4H3;1H/q+1;/p-1. The molecule has 0 spiro atoms. The molecule has 0 aliphatic rings. The largest absolute Gasteiger partial charge is 1.00 e. The van der Waals surface area contributed by atoms with Crippen molar-refractivity contribution in [2.75, 3.05) is 36.7 Å². The zero-order valence-electron chi connectivity index (χ0n) is 10.4. The van der Waals surface area contributed by atoms with Crippen LogP contribution in [0.1, 0.15) is 20.8 Å². The van der Waals surface area contributed by atoms with Gasteiger partial charge in [-0.2, -0.15) is 0 Å². The minimum absolute atomic E-state index is 0. The maximum Gasteiger partial charge on any atom is 0.389 e. The van der Waals surface area contributed by atoms with Crippen LogP contribution in [-0.2, 0) is 24.5 Å². The van der Waals surface area contributed by atoms with Crippen LogP contribution in [0.15, 0.2) is 0 Å². The summed E-state index contributed by atoms with van der Waals surface area (Å²) in [6.07, 6.45) is 2.23. The molecule has 0 N–H and O–H groups in total. The number of halogens is 1. The maximum atomic E-state index is 12.0. The Bertz CT molecular complexity index is 197. The predicted molar refractivity (Wildman–Crippen MR) is 72.0 cm³/mol. The first-order chi connectivity index (χ1) is 7.08. The topological polar surface area (TPSA) is 35.5 Å². The van der Waals surface area contributed by atoms with Crippen molar-refractivity contribution in [3.05, 3.63) is 0 Å². The average molecular weight is 400 g/mol. The molecule has 1 atom stereocenters. The molecule has 0 aromatic heterocycles. The molecule has 0 bridgehead atoms. The minimum Gasteiger partial charge on any atom is -1.00 e. The lowest BCUT2D eigenvalue weighted by atomic mass is 10.9.